The maximum absolute atomic E-state index is 13.2. The number of halogens is 3. The van der Waals surface area contributed by atoms with E-state index in [0.717, 1.165) is 6.07 Å². The van der Waals surface area contributed by atoms with Gasteiger partial charge in [0.25, 0.3) is 5.69 Å². The third kappa shape index (κ3) is 5.52. The fourth-order valence-corrected chi connectivity index (χ4v) is 2.36. The van der Waals surface area contributed by atoms with Crippen molar-refractivity contribution >= 4 is 17.5 Å². The van der Waals surface area contributed by atoms with E-state index in [4.69, 9.17) is 0 Å². The van der Waals surface area contributed by atoms with E-state index in [1.807, 2.05) is 0 Å². The van der Waals surface area contributed by atoms with Crippen molar-refractivity contribution in [1.29, 1.82) is 0 Å². The Labute approximate surface area is 159 Å². The molecule has 0 saturated heterocycles. The van der Waals surface area contributed by atoms with Gasteiger partial charge in [-0.15, -0.1) is 0 Å². The van der Waals surface area contributed by atoms with Gasteiger partial charge in [0.05, 0.1) is 17.6 Å². The summed E-state index contributed by atoms with van der Waals surface area (Å²) in [6, 6.07) is 6.08. The van der Waals surface area contributed by atoms with Crippen molar-refractivity contribution in [3.8, 4) is 0 Å². The van der Waals surface area contributed by atoms with E-state index in [2.05, 4.69) is 20.6 Å². The summed E-state index contributed by atoms with van der Waals surface area (Å²) in [5.74, 6) is -0.525. The van der Waals surface area contributed by atoms with Crippen molar-refractivity contribution in [2.75, 3.05) is 17.2 Å². The van der Waals surface area contributed by atoms with Gasteiger partial charge in [0, 0.05) is 24.2 Å². The van der Waals surface area contributed by atoms with Crippen LogP contribution in [0.15, 0.2) is 30.3 Å². The fourth-order valence-electron chi connectivity index (χ4n) is 2.36. The van der Waals surface area contributed by atoms with Crippen LogP contribution in [0.1, 0.15) is 25.1 Å². The second-order valence-corrected chi connectivity index (χ2v) is 6.38. The molecule has 1 aromatic heterocycles. The van der Waals surface area contributed by atoms with Gasteiger partial charge < -0.3 is 15.7 Å². The Kier molecular flexibility index (Phi) is 6.73. The first-order chi connectivity index (χ1) is 13.1. The van der Waals surface area contributed by atoms with Crippen LogP contribution in [0.5, 0.6) is 0 Å². The Morgan fingerprint density at radius 1 is 1.25 bits per heavy atom. The van der Waals surface area contributed by atoms with Gasteiger partial charge in [0.1, 0.15) is 5.82 Å². The van der Waals surface area contributed by atoms with Gasteiger partial charge in [-0.1, -0.05) is 32.0 Å². The average molecular weight is 399 g/mol. The summed E-state index contributed by atoms with van der Waals surface area (Å²) in [6.07, 6.45) is -4.71. The van der Waals surface area contributed by atoms with Crippen molar-refractivity contribution < 1.29 is 23.2 Å². The summed E-state index contributed by atoms with van der Waals surface area (Å²) >= 11 is 0. The number of anilines is 2. The topological polar surface area (TPSA) is 113 Å². The smallest absolute Gasteiger partial charge is 0.394 e. The number of benzene rings is 1. The minimum atomic E-state index is -4.71. The molecular weight excluding hydrogens is 379 g/mol. The first-order valence-electron chi connectivity index (χ1n) is 8.41. The molecule has 0 aliphatic rings. The summed E-state index contributed by atoms with van der Waals surface area (Å²) in [5.41, 5.74) is -1.03. The summed E-state index contributed by atoms with van der Waals surface area (Å²) < 4.78 is 39.5. The van der Waals surface area contributed by atoms with Crippen LogP contribution in [0.25, 0.3) is 0 Å². The van der Waals surface area contributed by atoms with Crippen LogP contribution in [0.2, 0.25) is 0 Å². The minimum absolute atomic E-state index is 0.0773. The Balaban J connectivity index is 2.30. The van der Waals surface area contributed by atoms with E-state index < -0.39 is 22.8 Å². The number of nitrogens with one attached hydrogen (secondary N) is 2. The maximum atomic E-state index is 13.2. The van der Waals surface area contributed by atoms with E-state index in [-0.39, 0.29) is 36.5 Å². The van der Waals surface area contributed by atoms with Gasteiger partial charge in [-0.25, -0.2) is 4.98 Å². The number of hydrogen-bond donors (Lipinski definition) is 3. The molecule has 0 aliphatic heterocycles. The van der Waals surface area contributed by atoms with Crippen molar-refractivity contribution in [2.24, 2.45) is 5.92 Å². The molecule has 2 aromatic rings. The van der Waals surface area contributed by atoms with Gasteiger partial charge in [-0.2, -0.15) is 18.2 Å². The number of hydrogen-bond acceptors (Lipinski definition) is 7. The Bertz CT molecular complexity index is 830. The van der Waals surface area contributed by atoms with Crippen LogP contribution in [0.3, 0.4) is 0 Å². The molecule has 0 amide bonds. The zero-order valence-corrected chi connectivity index (χ0v) is 15.2. The van der Waals surface area contributed by atoms with Crippen molar-refractivity contribution in [2.45, 2.75) is 32.6 Å². The molecule has 2 rings (SSSR count). The SMILES string of the molecule is CC(C)[C@@H](CO)Nc1nc(NCc2ccccc2[N+](=O)[O-])cc(C(F)(F)F)n1. The number of aromatic nitrogens is 2. The quantitative estimate of drug-likeness (QED) is 0.460. The van der Waals surface area contributed by atoms with Gasteiger partial charge in [0.15, 0.2) is 5.69 Å². The molecule has 0 unspecified atom stereocenters. The van der Waals surface area contributed by atoms with Gasteiger partial charge in [-0.05, 0) is 5.92 Å². The molecule has 3 N–H and O–H groups in total. The van der Waals surface area contributed by atoms with Gasteiger partial charge in [-0.3, -0.25) is 10.1 Å². The lowest BCUT2D eigenvalue weighted by atomic mass is 10.1. The highest BCUT2D eigenvalue weighted by atomic mass is 19.4. The number of nitro groups is 1. The number of para-hydroxylation sites is 1. The fraction of sp³-hybridized carbons (Fsp3) is 0.412. The van der Waals surface area contributed by atoms with Gasteiger partial charge >= 0.3 is 6.18 Å². The lowest BCUT2D eigenvalue weighted by Crippen LogP contribution is -2.30. The minimum Gasteiger partial charge on any atom is -0.394 e. The van der Waals surface area contributed by atoms with E-state index in [1.165, 1.54) is 18.2 Å². The maximum Gasteiger partial charge on any atom is 0.433 e. The van der Waals surface area contributed by atoms with E-state index >= 15 is 0 Å². The predicted octanol–water partition coefficient (Wildman–Crippen LogP) is 3.44. The summed E-state index contributed by atoms with van der Waals surface area (Å²) in [7, 11) is 0. The average Bonchev–Trinajstić information content (AvgIpc) is 2.63. The monoisotopic (exact) mass is 399 g/mol. The number of nitro benzene ring substituents is 1. The molecule has 0 aliphatic carbocycles. The molecule has 0 bridgehead atoms. The molecule has 1 atom stereocenters. The van der Waals surface area contributed by atoms with E-state index in [9.17, 15) is 28.4 Å². The molecule has 8 nitrogen and oxygen atoms in total. The molecule has 0 spiro atoms. The zero-order chi connectivity index (χ0) is 20.9. The van der Waals surface area contributed by atoms with Crippen molar-refractivity contribution in [3.63, 3.8) is 0 Å². The molecule has 11 heteroatoms. The third-order valence-corrected chi connectivity index (χ3v) is 3.98. The molecule has 1 heterocycles. The highest BCUT2D eigenvalue weighted by molar-refractivity contribution is 5.47. The van der Waals surface area contributed by atoms with Crippen LogP contribution < -0.4 is 10.6 Å². The Morgan fingerprint density at radius 2 is 1.93 bits per heavy atom. The van der Waals surface area contributed by atoms with E-state index in [0.29, 0.717) is 5.56 Å². The lowest BCUT2D eigenvalue weighted by molar-refractivity contribution is -0.385. The number of alkyl halides is 3. The summed E-state index contributed by atoms with van der Waals surface area (Å²) in [4.78, 5) is 18.0. The van der Waals surface area contributed by atoms with Crippen LogP contribution in [0.4, 0.5) is 30.6 Å². The largest absolute Gasteiger partial charge is 0.433 e. The molecule has 1 aromatic carbocycles. The summed E-state index contributed by atoms with van der Waals surface area (Å²) in [6.45, 7) is 3.17. The van der Waals surface area contributed by atoms with Crippen LogP contribution in [-0.4, -0.2) is 32.6 Å². The number of aliphatic hydroxyl groups is 1. The van der Waals surface area contributed by atoms with Crippen molar-refractivity contribution in [3.05, 3.63) is 51.7 Å². The molecule has 0 saturated carbocycles. The van der Waals surface area contributed by atoms with Crippen molar-refractivity contribution in [1.82, 2.24) is 9.97 Å². The second kappa shape index (κ2) is 8.83. The summed E-state index contributed by atoms with van der Waals surface area (Å²) in [5, 5.41) is 25.8. The first-order valence-corrected chi connectivity index (χ1v) is 8.41. The molecule has 0 fully saturated rings. The highest BCUT2D eigenvalue weighted by Crippen LogP contribution is 2.30. The first kappa shape index (κ1) is 21.4. The Morgan fingerprint density at radius 3 is 2.50 bits per heavy atom. The normalized spacial score (nSPS) is 12.7. The van der Waals surface area contributed by atoms with Crippen LogP contribution in [-0.2, 0) is 12.7 Å². The lowest BCUT2D eigenvalue weighted by Gasteiger charge is -2.21. The van der Waals surface area contributed by atoms with E-state index in [1.54, 1.807) is 19.9 Å². The third-order valence-electron chi connectivity index (χ3n) is 3.98. The number of nitrogens with zero attached hydrogens (tertiary/aromatic N) is 3. The van der Waals surface area contributed by atoms with Crippen LogP contribution >= 0.6 is 0 Å². The highest BCUT2D eigenvalue weighted by Gasteiger charge is 2.34. The van der Waals surface area contributed by atoms with Gasteiger partial charge in [0.2, 0.25) is 5.95 Å². The second-order valence-electron chi connectivity index (χ2n) is 6.38. The molecule has 0 radical (unpaired) electrons. The predicted molar refractivity (Wildman–Crippen MR) is 96.8 cm³/mol. The molecule has 152 valence electrons. The van der Waals surface area contributed by atoms with Crippen LogP contribution in [0, 0.1) is 16.0 Å². The molecule has 28 heavy (non-hydrogen) atoms. The number of aliphatic hydroxyl groups excluding tert-OH is 1. The Hall–Kier alpha value is -2.95. The molecular formula is C17H20F3N5O3. The number of rotatable bonds is 8. The zero-order valence-electron chi connectivity index (χ0n) is 15.2. The standard InChI is InChI=1S/C17H20F3N5O3/c1-10(2)12(9-26)22-16-23-14(17(18,19)20)7-15(24-16)21-8-11-5-3-4-6-13(11)25(27)28/h3-7,10,12,26H,8-9H2,1-2H3,(H2,21,22,23,24)/t12-/m1/s1.